The van der Waals surface area contributed by atoms with E-state index in [0.29, 0.717) is 6.42 Å². The van der Waals surface area contributed by atoms with Gasteiger partial charge < -0.3 is 5.32 Å². The number of aromatic nitrogens is 2. The molecule has 1 fully saturated rings. The summed E-state index contributed by atoms with van der Waals surface area (Å²) in [5.41, 5.74) is 0. The third-order valence-corrected chi connectivity index (χ3v) is 4.78. The first-order chi connectivity index (χ1) is 9.38. The molecule has 21 heavy (non-hydrogen) atoms. The van der Waals surface area contributed by atoms with Crippen LogP contribution in [0.15, 0.2) is 17.3 Å². The van der Waals surface area contributed by atoms with Gasteiger partial charge in [-0.2, -0.15) is 5.10 Å². The van der Waals surface area contributed by atoms with Crippen LogP contribution < -0.4 is 10.0 Å². The predicted molar refractivity (Wildman–Crippen MR) is 76.2 cm³/mol. The summed E-state index contributed by atoms with van der Waals surface area (Å²) in [7, 11) is -3.71. The van der Waals surface area contributed by atoms with Crippen molar-refractivity contribution in [3.05, 3.63) is 12.4 Å². The Morgan fingerprint density at radius 1 is 1.57 bits per heavy atom. The Morgan fingerprint density at radius 3 is 2.90 bits per heavy atom. The fourth-order valence-corrected chi connectivity index (χ4v) is 3.51. The lowest BCUT2D eigenvalue weighted by Crippen LogP contribution is -2.48. The molecule has 1 aliphatic heterocycles. The quantitative estimate of drug-likeness (QED) is 0.830. The normalized spacial score (nSPS) is 23.0. The molecule has 1 aliphatic rings. The Morgan fingerprint density at radius 2 is 2.29 bits per heavy atom. The van der Waals surface area contributed by atoms with E-state index in [1.165, 1.54) is 0 Å². The lowest BCUT2D eigenvalue weighted by molar-refractivity contribution is 0.121. The van der Waals surface area contributed by atoms with Gasteiger partial charge in [-0.3, -0.25) is 4.68 Å². The second-order valence-corrected chi connectivity index (χ2v) is 6.70. The van der Waals surface area contributed by atoms with Crippen LogP contribution in [0.2, 0.25) is 0 Å². The molecule has 0 spiro atoms. The number of halogens is 3. The molecule has 2 heterocycles. The van der Waals surface area contributed by atoms with Gasteiger partial charge >= 0.3 is 0 Å². The van der Waals surface area contributed by atoms with Gasteiger partial charge in [0.25, 0.3) is 6.43 Å². The molecule has 2 atom stereocenters. The lowest BCUT2D eigenvalue weighted by atomic mass is 9.97. The van der Waals surface area contributed by atoms with Gasteiger partial charge in [-0.25, -0.2) is 21.9 Å². The van der Waals surface area contributed by atoms with Gasteiger partial charge in [-0.15, -0.1) is 12.4 Å². The van der Waals surface area contributed by atoms with E-state index >= 15 is 0 Å². The summed E-state index contributed by atoms with van der Waals surface area (Å²) in [4.78, 5) is -0.0797. The minimum absolute atomic E-state index is 0. The Bertz CT molecular complexity index is 552. The van der Waals surface area contributed by atoms with Gasteiger partial charge in [0.2, 0.25) is 10.0 Å². The van der Waals surface area contributed by atoms with Crippen molar-refractivity contribution in [3.63, 3.8) is 0 Å². The van der Waals surface area contributed by atoms with E-state index in [9.17, 15) is 17.2 Å². The maximum atomic E-state index is 12.2. The summed E-state index contributed by atoms with van der Waals surface area (Å²) in [5, 5.41) is 6.82. The Labute approximate surface area is 128 Å². The lowest BCUT2D eigenvalue weighted by Gasteiger charge is -2.29. The molecule has 2 rings (SSSR count). The molecular formula is C11H19ClF2N4O2S. The third kappa shape index (κ3) is 4.87. The minimum atomic E-state index is -3.71. The summed E-state index contributed by atoms with van der Waals surface area (Å²) < 4.78 is 52.3. The number of hydrogen-bond donors (Lipinski definition) is 2. The number of alkyl halides is 2. The van der Waals surface area contributed by atoms with Crippen LogP contribution in [0.4, 0.5) is 8.78 Å². The van der Waals surface area contributed by atoms with Crippen molar-refractivity contribution in [2.45, 2.75) is 37.3 Å². The molecule has 2 N–H and O–H groups in total. The zero-order chi connectivity index (χ0) is 14.8. The van der Waals surface area contributed by atoms with Crippen LogP contribution in [0.25, 0.3) is 0 Å². The molecule has 122 valence electrons. The van der Waals surface area contributed by atoms with Crippen LogP contribution in [0.1, 0.15) is 13.3 Å². The predicted octanol–water partition coefficient (Wildman–Crippen LogP) is 0.846. The number of rotatable bonds is 5. The molecule has 1 aromatic rings. The van der Waals surface area contributed by atoms with Crippen molar-refractivity contribution in [1.29, 1.82) is 0 Å². The molecule has 0 saturated carbocycles. The Kier molecular flexibility index (Phi) is 6.51. The number of nitrogens with zero attached hydrogens (tertiary/aromatic N) is 2. The Hall–Kier alpha value is -0.770. The van der Waals surface area contributed by atoms with E-state index in [1.807, 2.05) is 6.92 Å². The van der Waals surface area contributed by atoms with E-state index in [0.717, 1.165) is 30.2 Å². The highest BCUT2D eigenvalue weighted by molar-refractivity contribution is 7.89. The minimum Gasteiger partial charge on any atom is -0.316 e. The molecule has 1 aromatic heterocycles. The molecule has 10 heteroatoms. The molecule has 0 amide bonds. The summed E-state index contributed by atoms with van der Waals surface area (Å²) in [6, 6.07) is -0.153. The molecule has 0 aromatic carbocycles. The maximum Gasteiger partial charge on any atom is 0.257 e. The SMILES string of the molecule is CC1CNCCC1NS(=O)(=O)c1cnn(CC(F)F)c1.Cl. The highest BCUT2D eigenvalue weighted by atomic mass is 35.5. The highest BCUT2D eigenvalue weighted by Crippen LogP contribution is 2.15. The van der Waals surface area contributed by atoms with Crippen molar-refractivity contribution in [3.8, 4) is 0 Å². The zero-order valence-electron chi connectivity index (χ0n) is 11.5. The van der Waals surface area contributed by atoms with E-state index in [-0.39, 0.29) is 29.3 Å². The van der Waals surface area contributed by atoms with Gasteiger partial charge in [0.05, 0.1) is 6.20 Å². The fourth-order valence-electron chi connectivity index (χ4n) is 2.18. The number of sulfonamides is 1. The van der Waals surface area contributed by atoms with Crippen molar-refractivity contribution in [2.24, 2.45) is 5.92 Å². The zero-order valence-corrected chi connectivity index (χ0v) is 13.1. The summed E-state index contributed by atoms with van der Waals surface area (Å²) in [6.07, 6.45) is 0.352. The first-order valence-corrected chi connectivity index (χ1v) is 7.90. The van der Waals surface area contributed by atoms with Gasteiger partial charge in [-0.05, 0) is 25.4 Å². The van der Waals surface area contributed by atoms with Crippen molar-refractivity contribution >= 4 is 22.4 Å². The summed E-state index contributed by atoms with van der Waals surface area (Å²) >= 11 is 0. The first kappa shape index (κ1) is 18.3. The van der Waals surface area contributed by atoms with Crippen LogP contribution in [0, 0.1) is 5.92 Å². The van der Waals surface area contributed by atoms with Gasteiger partial charge in [0.1, 0.15) is 11.4 Å². The van der Waals surface area contributed by atoms with E-state index in [2.05, 4.69) is 15.1 Å². The van der Waals surface area contributed by atoms with Crippen molar-refractivity contribution < 1.29 is 17.2 Å². The second-order valence-electron chi connectivity index (χ2n) is 4.99. The second kappa shape index (κ2) is 7.48. The molecule has 0 aliphatic carbocycles. The largest absolute Gasteiger partial charge is 0.316 e. The van der Waals surface area contributed by atoms with Crippen LogP contribution >= 0.6 is 12.4 Å². The van der Waals surface area contributed by atoms with E-state index in [4.69, 9.17) is 0 Å². The van der Waals surface area contributed by atoms with Crippen LogP contribution in [-0.2, 0) is 16.6 Å². The fraction of sp³-hybridized carbons (Fsp3) is 0.727. The first-order valence-electron chi connectivity index (χ1n) is 6.42. The third-order valence-electron chi connectivity index (χ3n) is 3.34. The number of nitrogens with one attached hydrogen (secondary N) is 2. The van der Waals surface area contributed by atoms with Crippen LogP contribution in [-0.4, -0.2) is 43.8 Å². The van der Waals surface area contributed by atoms with E-state index in [1.54, 1.807) is 0 Å². The summed E-state index contributed by atoms with van der Waals surface area (Å²) in [5.74, 6) is 0.176. The summed E-state index contributed by atoms with van der Waals surface area (Å²) in [6.45, 7) is 2.85. The standard InChI is InChI=1S/C11H18F2N4O2S.ClH/c1-8-4-14-3-2-10(8)16-20(18,19)9-5-15-17(6-9)7-11(12)13;/h5-6,8,10-11,14,16H,2-4,7H2,1H3;1H. The van der Waals surface area contributed by atoms with Crippen molar-refractivity contribution in [1.82, 2.24) is 19.8 Å². The molecule has 2 unspecified atom stereocenters. The average Bonchev–Trinajstić information content (AvgIpc) is 2.80. The number of piperidine rings is 1. The average molecular weight is 345 g/mol. The van der Waals surface area contributed by atoms with E-state index < -0.39 is 23.0 Å². The highest BCUT2D eigenvalue weighted by Gasteiger charge is 2.27. The molecule has 1 saturated heterocycles. The van der Waals surface area contributed by atoms with Gasteiger partial charge in [0, 0.05) is 12.2 Å². The number of hydrogen-bond acceptors (Lipinski definition) is 4. The monoisotopic (exact) mass is 344 g/mol. The van der Waals surface area contributed by atoms with Gasteiger partial charge in [-0.1, -0.05) is 6.92 Å². The smallest absolute Gasteiger partial charge is 0.257 e. The van der Waals surface area contributed by atoms with Crippen LogP contribution in [0.3, 0.4) is 0 Å². The topological polar surface area (TPSA) is 76.0 Å². The molecule has 6 nitrogen and oxygen atoms in total. The molecular weight excluding hydrogens is 326 g/mol. The van der Waals surface area contributed by atoms with Crippen molar-refractivity contribution in [2.75, 3.05) is 13.1 Å². The molecule has 0 radical (unpaired) electrons. The van der Waals surface area contributed by atoms with Gasteiger partial charge in [0.15, 0.2) is 0 Å². The van der Waals surface area contributed by atoms with Crippen LogP contribution in [0.5, 0.6) is 0 Å². The Balaban J connectivity index is 0.00000220. The maximum absolute atomic E-state index is 12.2. The molecule has 0 bridgehead atoms.